The molecule has 2 aromatic rings. The topological polar surface area (TPSA) is 63.7 Å². The SMILES string of the molecule is Cc1c(CN(C)CC(C)N2CCOCC2)c2ccccc2n1CC(N)=O. The summed E-state index contributed by atoms with van der Waals surface area (Å²) in [6, 6.07) is 8.74. The number of ether oxygens (including phenoxy) is 1. The van der Waals surface area contributed by atoms with Gasteiger partial charge in [0.15, 0.2) is 0 Å². The first-order chi connectivity index (χ1) is 12.5. The monoisotopic (exact) mass is 358 g/mol. The van der Waals surface area contributed by atoms with Crippen molar-refractivity contribution < 1.29 is 9.53 Å². The summed E-state index contributed by atoms with van der Waals surface area (Å²) in [5.41, 5.74) is 8.93. The third-order valence-corrected chi connectivity index (χ3v) is 5.35. The number of carbonyl (C=O) groups is 1. The van der Waals surface area contributed by atoms with Crippen LogP contribution in [-0.2, 0) is 22.6 Å². The van der Waals surface area contributed by atoms with Crippen molar-refractivity contribution in [1.82, 2.24) is 14.4 Å². The van der Waals surface area contributed by atoms with Gasteiger partial charge in [0.2, 0.25) is 5.91 Å². The molecule has 0 saturated carbocycles. The Bertz CT molecular complexity index is 765. The van der Waals surface area contributed by atoms with Gasteiger partial charge in [0.25, 0.3) is 0 Å². The van der Waals surface area contributed by atoms with Gasteiger partial charge in [0.1, 0.15) is 6.54 Å². The first kappa shape index (κ1) is 18.9. The number of likely N-dealkylation sites (N-methyl/N-ethyl adjacent to an activating group) is 1. The molecule has 1 aromatic carbocycles. The molecule has 1 amide bonds. The molecule has 1 fully saturated rings. The van der Waals surface area contributed by atoms with Gasteiger partial charge < -0.3 is 19.9 Å². The van der Waals surface area contributed by atoms with Crippen molar-refractivity contribution in [2.45, 2.75) is 33.0 Å². The van der Waals surface area contributed by atoms with Gasteiger partial charge in [-0.2, -0.15) is 0 Å². The van der Waals surface area contributed by atoms with E-state index in [2.05, 4.69) is 48.9 Å². The predicted octanol–water partition coefficient (Wildman–Crippen LogP) is 1.59. The van der Waals surface area contributed by atoms with Gasteiger partial charge in [-0.05, 0) is 32.5 Å². The fraction of sp³-hybridized carbons (Fsp3) is 0.550. The number of carbonyl (C=O) groups excluding carboxylic acids is 1. The van der Waals surface area contributed by atoms with Crippen molar-refractivity contribution in [3.8, 4) is 0 Å². The van der Waals surface area contributed by atoms with Gasteiger partial charge in [-0.25, -0.2) is 0 Å². The van der Waals surface area contributed by atoms with Gasteiger partial charge >= 0.3 is 0 Å². The van der Waals surface area contributed by atoms with Crippen LogP contribution in [0.3, 0.4) is 0 Å². The molecule has 0 radical (unpaired) electrons. The Morgan fingerprint density at radius 2 is 2.00 bits per heavy atom. The summed E-state index contributed by atoms with van der Waals surface area (Å²) in [4.78, 5) is 16.3. The van der Waals surface area contributed by atoms with Crippen LogP contribution in [0.5, 0.6) is 0 Å². The minimum atomic E-state index is -0.310. The Labute approximate surface area is 155 Å². The lowest BCUT2D eigenvalue weighted by Gasteiger charge is -2.34. The van der Waals surface area contributed by atoms with Gasteiger partial charge in [-0.15, -0.1) is 0 Å². The van der Waals surface area contributed by atoms with Gasteiger partial charge in [-0.3, -0.25) is 9.69 Å². The summed E-state index contributed by atoms with van der Waals surface area (Å²) in [5.74, 6) is -0.310. The Balaban J connectivity index is 1.77. The molecule has 1 aromatic heterocycles. The van der Waals surface area contributed by atoms with E-state index in [4.69, 9.17) is 10.5 Å². The van der Waals surface area contributed by atoms with Crippen LogP contribution in [0.2, 0.25) is 0 Å². The second-order valence-corrected chi connectivity index (χ2v) is 7.33. The zero-order chi connectivity index (χ0) is 18.7. The Hall–Kier alpha value is -1.89. The highest BCUT2D eigenvalue weighted by molar-refractivity contribution is 5.87. The molecule has 0 aliphatic carbocycles. The lowest BCUT2D eigenvalue weighted by molar-refractivity contribution is -0.118. The number of primary amides is 1. The minimum absolute atomic E-state index is 0.222. The normalized spacial score (nSPS) is 17.1. The van der Waals surface area contributed by atoms with Crippen LogP contribution in [-0.4, -0.2) is 66.2 Å². The van der Waals surface area contributed by atoms with Crippen LogP contribution in [0.1, 0.15) is 18.2 Å². The predicted molar refractivity (Wildman–Crippen MR) is 104 cm³/mol. The zero-order valence-electron chi connectivity index (χ0n) is 16.1. The number of hydrogen-bond acceptors (Lipinski definition) is 4. The molecule has 0 spiro atoms. The second kappa shape index (κ2) is 8.20. The Morgan fingerprint density at radius 1 is 1.31 bits per heavy atom. The maximum absolute atomic E-state index is 11.5. The fourth-order valence-electron chi connectivity index (χ4n) is 3.98. The lowest BCUT2D eigenvalue weighted by atomic mass is 10.1. The first-order valence-electron chi connectivity index (χ1n) is 9.32. The van der Waals surface area contributed by atoms with Crippen molar-refractivity contribution in [3.05, 3.63) is 35.5 Å². The van der Waals surface area contributed by atoms with Crippen molar-refractivity contribution in [2.24, 2.45) is 5.73 Å². The van der Waals surface area contributed by atoms with Crippen LogP contribution in [0.25, 0.3) is 10.9 Å². The molecule has 26 heavy (non-hydrogen) atoms. The molecular weight excluding hydrogens is 328 g/mol. The van der Waals surface area contributed by atoms with Crippen LogP contribution in [0, 0.1) is 6.92 Å². The van der Waals surface area contributed by atoms with E-state index in [1.54, 1.807) is 0 Å². The number of benzene rings is 1. The number of hydrogen-bond donors (Lipinski definition) is 1. The number of nitrogens with two attached hydrogens (primary N) is 1. The summed E-state index contributed by atoms with van der Waals surface area (Å²) < 4.78 is 7.49. The van der Waals surface area contributed by atoms with Gasteiger partial charge in [0, 0.05) is 48.8 Å². The number of para-hydroxylation sites is 1. The van der Waals surface area contributed by atoms with E-state index >= 15 is 0 Å². The van der Waals surface area contributed by atoms with Crippen molar-refractivity contribution in [3.63, 3.8) is 0 Å². The van der Waals surface area contributed by atoms with E-state index in [9.17, 15) is 4.79 Å². The Kier molecular flexibility index (Phi) is 5.96. The van der Waals surface area contributed by atoms with Gasteiger partial charge in [0.05, 0.1) is 13.2 Å². The molecule has 1 aliphatic heterocycles. The summed E-state index contributed by atoms with van der Waals surface area (Å²) in [7, 11) is 2.16. The number of fused-ring (bicyclic) bond motifs is 1. The van der Waals surface area contributed by atoms with E-state index in [1.165, 1.54) is 10.9 Å². The molecule has 1 saturated heterocycles. The molecule has 142 valence electrons. The summed E-state index contributed by atoms with van der Waals surface area (Å²) in [5, 5.41) is 1.21. The average Bonchev–Trinajstić information content (AvgIpc) is 2.88. The molecular formula is C20H30N4O2. The summed E-state index contributed by atoms with van der Waals surface area (Å²) in [6.45, 7) is 10.1. The fourth-order valence-corrected chi connectivity index (χ4v) is 3.98. The molecule has 1 unspecified atom stereocenters. The number of amides is 1. The molecule has 3 rings (SSSR count). The molecule has 1 aliphatic rings. The van der Waals surface area contributed by atoms with E-state index in [0.717, 1.165) is 50.6 Å². The van der Waals surface area contributed by atoms with E-state index in [-0.39, 0.29) is 12.5 Å². The molecule has 1 atom stereocenters. The van der Waals surface area contributed by atoms with Crippen LogP contribution < -0.4 is 5.73 Å². The molecule has 0 bridgehead atoms. The number of aromatic nitrogens is 1. The van der Waals surface area contributed by atoms with Gasteiger partial charge in [-0.1, -0.05) is 18.2 Å². The Morgan fingerprint density at radius 3 is 2.69 bits per heavy atom. The van der Waals surface area contributed by atoms with Crippen molar-refractivity contribution >= 4 is 16.8 Å². The first-order valence-corrected chi connectivity index (χ1v) is 9.32. The third-order valence-electron chi connectivity index (χ3n) is 5.35. The third kappa shape index (κ3) is 4.09. The highest BCUT2D eigenvalue weighted by Crippen LogP contribution is 2.27. The minimum Gasteiger partial charge on any atom is -0.379 e. The zero-order valence-corrected chi connectivity index (χ0v) is 16.1. The second-order valence-electron chi connectivity index (χ2n) is 7.33. The number of nitrogens with zero attached hydrogens (tertiary/aromatic N) is 3. The molecule has 2 heterocycles. The van der Waals surface area contributed by atoms with E-state index in [0.29, 0.717) is 6.04 Å². The quantitative estimate of drug-likeness (QED) is 0.816. The average molecular weight is 358 g/mol. The molecule has 6 heteroatoms. The standard InChI is InChI=1S/C20H30N4O2/c1-15(23-8-10-26-11-9-23)12-22(3)13-18-16(2)24(14-20(21)25)19-7-5-4-6-17(18)19/h4-7,15H,8-14H2,1-3H3,(H2,21,25). The largest absolute Gasteiger partial charge is 0.379 e. The summed E-state index contributed by atoms with van der Waals surface area (Å²) in [6.07, 6.45) is 0. The van der Waals surface area contributed by atoms with E-state index in [1.807, 2.05) is 10.6 Å². The molecule has 2 N–H and O–H groups in total. The van der Waals surface area contributed by atoms with Crippen LogP contribution in [0.4, 0.5) is 0 Å². The highest BCUT2D eigenvalue weighted by Gasteiger charge is 2.20. The lowest BCUT2D eigenvalue weighted by Crippen LogP contribution is -2.46. The summed E-state index contributed by atoms with van der Waals surface area (Å²) >= 11 is 0. The maximum atomic E-state index is 11.5. The molecule has 6 nitrogen and oxygen atoms in total. The van der Waals surface area contributed by atoms with Crippen LogP contribution in [0.15, 0.2) is 24.3 Å². The number of morpholine rings is 1. The van der Waals surface area contributed by atoms with Crippen molar-refractivity contribution in [1.29, 1.82) is 0 Å². The van der Waals surface area contributed by atoms with E-state index < -0.39 is 0 Å². The smallest absolute Gasteiger partial charge is 0.237 e. The van der Waals surface area contributed by atoms with Crippen molar-refractivity contribution in [2.75, 3.05) is 39.9 Å². The number of rotatable bonds is 7. The maximum Gasteiger partial charge on any atom is 0.237 e. The highest BCUT2D eigenvalue weighted by atomic mass is 16.5. The van der Waals surface area contributed by atoms with Crippen LogP contribution >= 0.6 is 0 Å².